The van der Waals surface area contributed by atoms with E-state index in [1.54, 1.807) is 12.4 Å². The van der Waals surface area contributed by atoms with Crippen molar-refractivity contribution in [3.63, 3.8) is 0 Å². The number of amides is 1. The largest absolute Gasteiger partial charge is 0.362 e. The molecule has 6 heteroatoms. The van der Waals surface area contributed by atoms with E-state index < -0.39 is 0 Å². The summed E-state index contributed by atoms with van der Waals surface area (Å²) in [6.07, 6.45) is 3.18. The summed E-state index contributed by atoms with van der Waals surface area (Å²) in [7, 11) is 2.07. The van der Waals surface area contributed by atoms with Crippen LogP contribution in [0.1, 0.15) is 29.0 Å². The number of carbonyl (C=O) groups is 1. The third kappa shape index (κ3) is 3.89. The molecule has 1 aromatic carbocycles. The van der Waals surface area contributed by atoms with Gasteiger partial charge >= 0.3 is 0 Å². The molecule has 1 saturated heterocycles. The van der Waals surface area contributed by atoms with Crippen LogP contribution in [0.4, 0.5) is 5.82 Å². The Bertz CT molecular complexity index is 666. The average Bonchev–Trinajstić information content (AvgIpc) is 2.63. The van der Waals surface area contributed by atoms with Crippen molar-refractivity contribution in [2.24, 2.45) is 0 Å². The number of nitrogens with zero attached hydrogens (tertiary/aromatic N) is 4. The molecule has 1 N–H and O–H groups in total. The highest BCUT2D eigenvalue weighted by molar-refractivity contribution is 5.92. The Balaban J connectivity index is 1.62. The van der Waals surface area contributed by atoms with Gasteiger partial charge in [-0.25, -0.2) is 9.97 Å². The summed E-state index contributed by atoms with van der Waals surface area (Å²) in [4.78, 5) is 25.1. The Labute approximate surface area is 142 Å². The lowest BCUT2D eigenvalue weighted by molar-refractivity contribution is 0.0658. The maximum Gasteiger partial charge on any atom is 0.274 e. The summed E-state index contributed by atoms with van der Waals surface area (Å²) in [5.74, 6) is 0.625. The summed E-state index contributed by atoms with van der Waals surface area (Å²) in [5, 5.41) is 3.30. The average molecular weight is 325 g/mol. The van der Waals surface area contributed by atoms with Crippen molar-refractivity contribution in [2.45, 2.75) is 13.0 Å². The van der Waals surface area contributed by atoms with Crippen LogP contribution in [-0.4, -0.2) is 58.9 Å². The second-order valence-corrected chi connectivity index (χ2v) is 6.16. The topological polar surface area (TPSA) is 61.4 Å². The minimum absolute atomic E-state index is 0.0433. The van der Waals surface area contributed by atoms with E-state index in [0.717, 1.165) is 26.2 Å². The van der Waals surface area contributed by atoms with Crippen molar-refractivity contribution in [3.05, 3.63) is 54.0 Å². The van der Waals surface area contributed by atoms with Gasteiger partial charge in [-0.2, -0.15) is 0 Å². The van der Waals surface area contributed by atoms with E-state index in [-0.39, 0.29) is 11.9 Å². The molecule has 2 aromatic rings. The summed E-state index contributed by atoms with van der Waals surface area (Å²) in [5.41, 5.74) is 1.58. The van der Waals surface area contributed by atoms with Gasteiger partial charge in [0.05, 0.1) is 12.4 Å². The number of anilines is 1. The van der Waals surface area contributed by atoms with Crippen molar-refractivity contribution >= 4 is 11.7 Å². The van der Waals surface area contributed by atoms with Crippen LogP contribution in [0.3, 0.4) is 0 Å². The first-order valence-corrected chi connectivity index (χ1v) is 8.25. The normalized spacial score (nSPS) is 16.7. The molecular formula is C18H23N5O. The molecule has 0 saturated carbocycles. The van der Waals surface area contributed by atoms with Crippen molar-refractivity contribution in [1.82, 2.24) is 19.8 Å². The zero-order chi connectivity index (χ0) is 16.9. The fraction of sp³-hybridized carbons (Fsp3) is 0.389. The second kappa shape index (κ2) is 7.40. The number of likely N-dealkylation sites (N-methyl/N-ethyl adjacent to an activating group) is 1. The minimum Gasteiger partial charge on any atom is -0.362 e. The lowest BCUT2D eigenvalue weighted by atomic mass is 10.1. The van der Waals surface area contributed by atoms with Gasteiger partial charge in [-0.1, -0.05) is 30.3 Å². The van der Waals surface area contributed by atoms with Crippen molar-refractivity contribution in [1.29, 1.82) is 0 Å². The monoisotopic (exact) mass is 325 g/mol. The molecule has 2 heterocycles. The zero-order valence-electron chi connectivity index (χ0n) is 14.1. The third-order valence-corrected chi connectivity index (χ3v) is 4.33. The van der Waals surface area contributed by atoms with Crippen LogP contribution in [0.25, 0.3) is 0 Å². The van der Waals surface area contributed by atoms with Crippen LogP contribution in [-0.2, 0) is 0 Å². The predicted molar refractivity (Wildman–Crippen MR) is 93.9 cm³/mol. The first-order valence-electron chi connectivity index (χ1n) is 8.25. The van der Waals surface area contributed by atoms with Gasteiger partial charge in [-0.15, -0.1) is 0 Å². The van der Waals surface area contributed by atoms with E-state index in [1.165, 1.54) is 5.56 Å². The van der Waals surface area contributed by atoms with E-state index in [0.29, 0.717) is 11.5 Å². The predicted octanol–water partition coefficient (Wildman–Crippen LogP) is 2.04. The number of aromatic nitrogens is 2. The number of piperazine rings is 1. The Hall–Kier alpha value is -2.47. The first-order chi connectivity index (χ1) is 11.6. The van der Waals surface area contributed by atoms with Gasteiger partial charge in [0.1, 0.15) is 11.5 Å². The Kier molecular flexibility index (Phi) is 5.05. The molecule has 0 bridgehead atoms. The Morgan fingerprint density at radius 2 is 1.79 bits per heavy atom. The zero-order valence-corrected chi connectivity index (χ0v) is 14.1. The summed E-state index contributed by atoms with van der Waals surface area (Å²) >= 11 is 0. The van der Waals surface area contributed by atoms with Crippen LogP contribution in [0.15, 0.2) is 42.7 Å². The number of hydrogen-bond donors (Lipinski definition) is 1. The van der Waals surface area contributed by atoms with E-state index >= 15 is 0 Å². The number of benzene rings is 1. The van der Waals surface area contributed by atoms with Crippen LogP contribution in [0.5, 0.6) is 0 Å². The third-order valence-electron chi connectivity index (χ3n) is 4.33. The standard InChI is InChI=1S/C18H23N5O/c1-14(15-6-4-3-5-7-15)21-17-13-19-16(12-20-17)18(24)23-10-8-22(2)9-11-23/h3-7,12-14H,8-11H2,1-2H3,(H,20,21). The van der Waals surface area contributed by atoms with Crippen LogP contribution in [0, 0.1) is 0 Å². The highest BCUT2D eigenvalue weighted by Gasteiger charge is 2.21. The molecule has 24 heavy (non-hydrogen) atoms. The fourth-order valence-electron chi connectivity index (χ4n) is 2.73. The molecule has 0 spiro atoms. The van der Waals surface area contributed by atoms with Crippen LogP contribution in [0.2, 0.25) is 0 Å². The Morgan fingerprint density at radius 3 is 2.42 bits per heavy atom. The Morgan fingerprint density at radius 1 is 1.08 bits per heavy atom. The summed E-state index contributed by atoms with van der Waals surface area (Å²) < 4.78 is 0. The van der Waals surface area contributed by atoms with Gasteiger partial charge in [0.2, 0.25) is 0 Å². The lowest BCUT2D eigenvalue weighted by Gasteiger charge is -2.32. The van der Waals surface area contributed by atoms with Gasteiger partial charge in [0, 0.05) is 32.2 Å². The van der Waals surface area contributed by atoms with Crippen LogP contribution < -0.4 is 5.32 Å². The van der Waals surface area contributed by atoms with E-state index in [2.05, 4.69) is 46.3 Å². The van der Waals surface area contributed by atoms with Crippen molar-refractivity contribution in [3.8, 4) is 0 Å². The van der Waals surface area contributed by atoms with Crippen LogP contribution >= 0.6 is 0 Å². The first kappa shape index (κ1) is 16.4. The molecule has 3 rings (SSSR count). The SMILES string of the molecule is CC(Nc1cnc(C(=O)N2CCN(C)CC2)cn1)c1ccccc1. The number of hydrogen-bond acceptors (Lipinski definition) is 5. The quantitative estimate of drug-likeness (QED) is 0.932. The van der Waals surface area contributed by atoms with E-state index in [1.807, 2.05) is 23.1 Å². The molecule has 0 aliphatic carbocycles. The number of carbonyl (C=O) groups excluding carboxylic acids is 1. The summed E-state index contributed by atoms with van der Waals surface area (Å²) in [6, 6.07) is 10.3. The van der Waals surface area contributed by atoms with E-state index in [9.17, 15) is 4.79 Å². The molecule has 6 nitrogen and oxygen atoms in total. The molecule has 1 fully saturated rings. The highest BCUT2D eigenvalue weighted by atomic mass is 16.2. The maximum atomic E-state index is 12.4. The van der Waals surface area contributed by atoms with E-state index in [4.69, 9.17) is 0 Å². The molecule has 1 unspecified atom stereocenters. The fourth-order valence-corrected chi connectivity index (χ4v) is 2.73. The molecule has 1 aromatic heterocycles. The lowest BCUT2D eigenvalue weighted by Crippen LogP contribution is -2.47. The molecule has 1 aliphatic rings. The molecular weight excluding hydrogens is 302 g/mol. The smallest absolute Gasteiger partial charge is 0.274 e. The molecule has 0 radical (unpaired) electrons. The second-order valence-electron chi connectivity index (χ2n) is 6.16. The minimum atomic E-state index is -0.0433. The molecule has 1 amide bonds. The van der Waals surface area contributed by atoms with Gasteiger partial charge in [-0.3, -0.25) is 4.79 Å². The van der Waals surface area contributed by atoms with Gasteiger partial charge in [0.25, 0.3) is 5.91 Å². The van der Waals surface area contributed by atoms with Crippen molar-refractivity contribution in [2.75, 3.05) is 38.5 Å². The maximum absolute atomic E-state index is 12.4. The highest BCUT2D eigenvalue weighted by Crippen LogP contribution is 2.17. The van der Waals surface area contributed by atoms with Gasteiger partial charge in [0.15, 0.2) is 0 Å². The molecule has 126 valence electrons. The van der Waals surface area contributed by atoms with Gasteiger partial charge in [-0.05, 0) is 19.5 Å². The summed E-state index contributed by atoms with van der Waals surface area (Å²) in [6.45, 7) is 5.34. The number of rotatable bonds is 4. The van der Waals surface area contributed by atoms with Crippen molar-refractivity contribution < 1.29 is 4.79 Å². The number of nitrogens with one attached hydrogen (secondary N) is 1. The van der Waals surface area contributed by atoms with Gasteiger partial charge < -0.3 is 15.1 Å². The molecule has 1 aliphatic heterocycles. The molecule has 1 atom stereocenters.